The standard InChI is InChI=1S/C9H14FNO6/c10-9(5-17-2-1-12)3-6(7(13)14)11(4-9)8(15)16/h6,12H,1-5H2,(H,13,14)(H,15,16)/t6-,9+/m0/s1. The summed E-state index contributed by atoms with van der Waals surface area (Å²) in [4.78, 5) is 22.1. The van der Waals surface area contributed by atoms with Crippen LogP contribution in [0.25, 0.3) is 0 Å². The van der Waals surface area contributed by atoms with Crippen LogP contribution < -0.4 is 0 Å². The summed E-state index contributed by atoms with van der Waals surface area (Å²) >= 11 is 0. The summed E-state index contributed by atoms with van der Waals surface area (Å²) in [5.41, 5.74) is -2.02. The van der Waals surface area contributed by atoms with E-state index in [9.17, 15) is 14.0 Å². The molecule has 8 heteroatoms. The molecule has 0 unspecified atom stereocenters. The van der Waals surface area contributed by atoms with Crippen LogP contribution in [-0.2, 0) is 9.53 Å². The van der Waals surface area contributed by atoms with Gasteiger partial charge in [0.05, 0.1) is 26.4 Å². The molecule has 1 rings (SSSR count). The molecule has 1 saturated heterocycles. The maximum Gasteiger partial charge on any atom is 0.408 e. The predicted octanol–water partition coefficient (Wildman–Crippen LogP) is -0.459. The van der Waals surface area contributed by atoms with Gasteiger partial charge in [-0.3, -0.25) is 4.90 Å². The number of aliphatic carboxylic acids is 1. The second-order valence-corrected chi connectivity index (χ2v) is 3.90. The number of likely N-dealkylation sites (tertiary alicyclic amines) is 1. The van der Waals surface area contributed by atoms with E-state index in [2.05, 4.69) is 0 Å². The molecule has 1 fully saturated rings. The van der Waals surface area contributed by atoms with E-state index < -0.39 is 43.3 Å². The van der Waals surface area contributed by atoms with Crippen molar-refractivity contribution in [3.8, 4) is 0 Å². The number of halogens is 1. The average Bonchev–Trinajstić information content (AvgIpc) is 2.58. The van der Waals surface area contributed by atoms with E-state index in [1.807, 2.05) is 0 Å². The Hall–Kier alpha value is -1.41. The van der Waals surface area contributed by atoms with Gasteiger partial charge in [0.2, 0.25) is 0 Å². The van der Waals surface area contributed by atoms with Gasteiger partial charge in [-0.25, -0.2) is 14.0 Å². The Morgan fingerprint density at radius 2 is 2.12 bits per heavy atom. The fourth-order valence-corrected chi connectivity index (χ4v) is 1.78. The summed E-state index contributed by atoms with van der Waals surface area (Å²) in [5, 5.41) is 26.0. The van der Waals surface area contributed by atoms with Crippen LogP contribution in [0.1, 0.15) is 6.42 Å². The number of hydrogen-bond acceptors (Lipinski definition) is 4. The molecule has 1 heterocycles. The van der Waals surface area contributed by atoms with Gasteiger partial charge in [-0.2, -0.15) is 0 Å². The van der Waals surface area contributed by atoms with Gasteiger partial charge in [-0.1, -0.05) is 0 Å². The van der Waals surface area contributed by atoms with Crippen molar-refractivity contribution in [2.75, 3.05) is 26.4 Å². The normalized spacial score (nSPS) is 28.4. The second kappa shape index (κ2) is 5.28. The highest BCUT2D eigenvalue weighted by atomic mass is 19.1. The maximum absolute atomic E-state index is 14.1. The number of carboxylic acids is 1. The lowest BCUT2D eigenvalue weighted by Crippen LogP contribution is -2.40. The number of nitrogens with zero attached hydrogens (tertiary/aromatic N) is 1. The molecule has 0 saturated carbocycles. The number of aliphatic hydroxyl groups is 1. The third-order valence-corrected chi connectivity index (χ3v) is 2.52. The monoisotopic (exact) mass is 251 g/mol. The predicted molar refractivity (Wildman–Crippen MR) is 52.5 cm³/mol. The molecule has 0 aromatic rings. The van der Waals surface area contributed by atoms with E-state index in [4.69, 9.17) is 20.1 Å². The van der Waals surface area contributed by atoms with Crippen molar-refractivity contribution in [1.82, 2.24) is 4.90 Å². The first kappa shape index (κ1) is 13.7. The van der Waals surface area contributed by atoms with E-state index in [-0.39, 0.29) is 13.2 Å². The molecular formula is C9H14FNO6. The SMILES string of the molecule is O=C(O)[C@@H]1C[C@](F)(COCCO)CN1C(=O)O. The first-order valence-electron chi connectivity index (χ1n) is 4.99. The molecule has 0 spiro atoms. The van der Waals surface area contributed by atoms with E-state index >= 15 is 0 Å². The number of hydrogen-bond donors (Lipinski definition) is 3. The zero-order chi connectivity index (χ0) is 13.1. The molecule has 0 aliphatic carbocycles. The Morgan fingerprint density at radius 3 is 2.53 bits per heavy atom. The lowest BCUT2D eigenvalue weighted by atomic mass is 10.0. The molecule has 0 bridgehead atoms. The van der Waals surface area contributed by atoms with Crippen molar-refractivity contribution in [2.45, 2.75) is 18.1 Å². The molecule has 1 aliphatic heterocycles. The van der Waals surface area contributed by atoms with Crippen molar-refractivity contribution in [1.29, 1.82) is 0 Å². The van der Waals surface area contributed by atoms with E-state index in [1.165, 1.54) is 0 Å². The maximum atomic E-state index is 14.1. The van der Waals surface area contributed by atoms with Crippen LogP contribution in [0.3, 0.4) is 0 Å². The van der Waals surface area contributed by atoms with E-state index in [0.29, 0.717) is 4.90 Å². The number of ether oxygens (including phenoxy) is 1. The fourth-order valence-electron chi connectivity index (χ4n) is 1.78. The Balaban J connectivity index is 2.66. The highest BCUT2D eigenvalue weighted by Crippen LogP contribution is 2.31. The molecule has 17 heavy (non-hydrogen) atoms. The third-order valence-electron chi connectivity index (χ3n) is 2.52. The van der Waals surface area contributed by atoms with Gasteiger partial charge in [0.1, 0.15) is 6.04 Å². The smallest absolute Gasteiger partial charge is 0.408 e. The van der Waals surface area contributed by atoms with Crippen molar-refractivity contribution in [3.05, 3.63) is 0 Å². The number of aliphatic hydroxyl groups excluding tert-OH is 1. The highest BCUT2D eigenvalue weighted by Gasteiger charge is 2.50. The van der Waals surface area contributed by atoms with E-state index in [1.54, 1.807) is 0 Å². The van der Waals surface area contributed by atoms with Crippen LogP contribution in [0.4, 0.5) is 9.18 Å². The van der Waals surface area contributed by atoms with Crippen molar-refractivity contribution in [3.63, 3.8) is 0 Å². The summed E-state index contributed by atoms with van der Waals surface area (Å²) in [6.07, 6.45) is -1.92. The van der Waals surface area contributed by atoms with Crippen LogP contribution >= 0.6 is 0 Å². The molecule has 3 N–H and O–H groups in total. The minimum absolute atomic E-state index is 0.0729. The first-order chi connectivity index (χ1) is 7.89. The molecule has 0 aromatic heterocycles. The molecule has 1 aliphatic rings. The fraction of sp³-hybridized carbons (Fsp3) is 0.778. The number of rotatable bonds is 5. The molecule has 1 amide bonds. The van der Waals surface area contributed by atoms with Crippen LogP contribution in [0.5, 0.6) is 0 Å². The molecular weight excluding hydrogens is 237 g/mol. The zero-order valence-electron chi connectivity index (χ0n) is 9.00. The number of alkyl halides is 1. The van der Waals surface area contributed by atoms with Gasteiger partial charge in [-0.15, -0.1) is 0 Å². The Labute approximate surface area is 96.4 Å². The topological polar surface area (TPSA) is 107 Å². The lowest BCUT2D eigenvalue weighted by molar-refractivity contribution is -0.141. The van der Waals surface area contributed by atoms with Crippen molar-refractivity contribution >= 4 is 12.1 Å². The Kier molecular flexibility index (Phi) is 4.24. The second-order valence-electron chi connectivity index (χ2n) is 3.90. The number of amides is 1. The molecule has 0 radical (unpaired) electrons. The molecule has 0 aromatic carbocycles. The highest BCUT2D eigenvalue weighted by molar-refractivity contribution is 5.80. The Bertz CT molecular complexity index is 288. The van der Waals surface area contributed by atoms with Crippen molar-refractivity contribution < 1.29 is 34.0 Å². The summed E-state index contributed by atoms with van der Waals surface area (Å²) in [6.45, 7) is -1.32. The number of carbonyl (C=O) groups is 2. The summed E-state index contributed by atoms with van der Waals surface area (Å²) in [5.74, 6) is -1.38. The Morgan fingerprint density at radius 1 is 1.47 bits per heavy atom. The van der Waals surface area contributed by atoms with Gasteiger partial charge in [0.25, 0.3) is 0 Å². The average molecular weight is 251 g/mol. The lowest BCUT2D eigenvalue weighted by Gasteiger charge is -2.19. The van der Waals surface area contributed by atoms with Gasteiger partial charge in [-0.05, 0) is 0 Å². The number of carboxylic acid groups (broad SMARTS) is 2. The molecule has 2 atom stereocenters. The van der Waals surface area contributed by atoms with Gasteiger partial charge >= 0.3 is 12.1 Å². The summed E-state index contributed by atoms with van der Waals surface area (Å²) in [6, 6.07) is -1.39. The van der Waals surface area contributed by atoms with Crippen LogP contribution in [0, 0.1) is 0 Å². The molecule has 98 valence electrons. The summed E-state index contributed by atoms with van der Waals surface area (Å²) in [7, 11) is 0. The third kappa shape index (κ3) is 3.27. The van der Waals surface area contributed by atoms with Crippen LogP contribution in [0.15, 0.2) is 0 Å². The molecule has 7 nitrogen and oxygen atoms in total. The zero-order valence-corrected chi connectivity index (χ0v) is 9.00. The van der Waals surface area contributed by atoms with Crippen molar-refractivity contribution in [2.24, 2.45) is 0 Å². The minimum Gasteiger partial charge on any atom is -0.480 e. The van der Waals surface area contributed by atoms with E-state index in [0.717, 1.165) is 0 Å². The van der Waals surface area contributed by atoms with Gasteiger partial charge in [0.15, 0.2) is 5.67 Å². The van der Waals surface area contributed by atoms with Gasteiger partial charge < -0.3 is 20.1 Å². The van der Waals surface area contributed by atoms with Gasteiger partial charge in [0, 0.05) is 6.42 Å². The van der Waals surface area contributed by atoms with Crippen LogP contribution in [0.2, 0.25) is 0 Å². The minimum atomic E-state index is -2.02. The largest absolute Gasteiger partial charge is 0.480 e. The first-order valence-corrected chi connectivity index (χ1v) is 4.99. The summed E-state index contributed by atoms with van der Waals surface area (Å²) < 4.78 is 18.9. The van der Waals surface area contributed by atoms with Crippen LogP contribution in [-0.4, -0.2) is 70.4 Å². The quantitative estimate of drug-likeness (QED) is 0.571.